The lowest BCUT2D eigenvalue weighted by Crippen LogP contribution is -2.66. The van der Waals surface area contributed by atoms with E-state index < -0.39 is 112 Å². The van der Waals surface area contributed by atoms with E-state index in [0.717, 1.165) is 0 Å². The largest absolute Gasteiger partial charge is 0.394 e. The van der Waals surface area contributed by atoms with Gasteiger partial charge < -0.3 is 79.9 Å². The first kappa shape index (κ1) is 27.9. The van der Waals surface area contributed by atoms with E-state index in [2.05, 4.69) is 0 Å². The second-order valence-corrected chi connectivity index (χ2v) is 8.37. The maximum Gasteiger partial charge on any atom is 0.224 e. The van der Waals surface area contributed by atoms with E-state index >= 15 is 0 Å². The summed E-state index contributed by atoms with van der Waals surface area (Å²) in [4.78, 5) is 0. The Bertz CT molecular complexity index is 653. The number of hydrogen-bond donors (Lipinski definition) is 11. The second kappa shape index (κ2) is 11.2. The fourth-order valence-corrected chi connectivity index (χ4v) is 4.10. The van der Waals surface area contributed by atoms with Crippen LogP contribution in [0.5, 0.6) is 0 Å². The molecule has 0 bridgehead atoms. The molecule has 3 heterocycles. The van der Waals surface area contributed by atoms with Gasteiger partial charge in [0.15, 0.2) is 12.6 Å². The summed E-state index contributed by atoms with van der Waals surface area (Å²) in [6.45, 7) is -3.45. The third-order valence-electron chi connectivity index (χ3n) is 6.19. The van der Waals surface area contributed by atoms with Crippen LogP contribution in [0.25, 0.3) is 0 Å². The lowest BCUT2D eigenvalue weighted by Gasteiger charge is -2.47. The van der Waals surface area contributed by atoms with Crippen LogP contribution in [-0.4, -0.2) is 168 Å². The van der Waals surface area contributed by atoms with Gasteiger partial charge in [-0.1, -0.05) is 0 Å². The molecule has 3 aliphatic heterocycles. The highest BCUT2D eigenvalue weighted by Gasteiger charge is 2.59. The molecule has 0 aromatic heterocycles. The van der Waals surface area contributed by atoms with Crippen molar-refractivity contribution in [1.29, 1.82) is 0 Å². The topological polar surface area (TPSA) is 269 Å². The van der Waals surface area contributed by atoms with Gasteiger partial charge in [-0.2, -0.15) is 0 Å². The van der Waals surface area contributed by atoms with E-state index in [-0.39, 0.29) is 0 Å². The molecule has 0 spiro atoms. The van der Waals surface area contributed by atoms with Gasteiger partial charge in [-0.3, -0.25) is 0 Å². The monoisotopic (exact) mass is 504 g/mol. The number of aliphatic hydroxyl groups excluding tert-OH is 11. The van der Waals surface area contributed by atoms with Crippen molar-refractivity contribution < 1.29 is 79.9 Å². The van der Waals surface area contributed by atoms with Crippen LogP contribution in [0.15, 0.2) is 0 Å². The highest BCUT2D eigenvalue weighted by Crippen LogP contribution is 2.37. The highest BCUT2D eigenvalue weighted by atomic mass is 16.8. The molecule has 0 aliphatic carbocycles. The molecule has 0 aromatic rings. The SMILES string of the molecule is OCC1OC(O[C@]2(CO)OC(CO)[C@H](O)[C@H]2O)C(O[C@H]2OC(CO)[C@@H](O)C(O)[C@@H]2O)C(O)C1O. The molecule has 200 valence electrons. The van der Waals surface area contributed by atoms with Gasteiger partial charge in [-0.25, -0.2) is 0 Å². The standard InChI is InChI=1S/C18H32O16/c19-1-5-8(23)11(26)13(28)16(30-5)32-14-12(27)9(24)6(2-20)31-17(14)34-18(4-22)15(29)10(25)7(3-21)33-18/h5-17,19-29H,1-4H2/t5?,6?,7?,8-,9?,10+,11?,12?,13+,14?,15-,16-,17?,18+/m1/s1. The fraction of sp³-hybridized carbons (Fsp3) is 1.00. The third-order valence-corrected chi connectivity index (χ3v) is 6.19. The molecule has 0 radical (unpaired) electrons. The molecular formula is C18H32O16. The molecule has 16 heteroatoms. The van der Waals surface area contributed by atoms with Crippen molar-refractivity contribution in [3.63, 3.8) is 0 Å². The summed E-state index contributed by atoms with van der Waals surface area (Å²) in [5.74, 6) is -2.41. The van der Waals surface area contributed by atoms with Gasteiger partial charge in [0.2, 0.25) is 5.79 Å². The lowest BCUT2D eigenvalue weighted by molar-refractivity contribution is -0.408. The maximum absolute atomic E-state index is 10.6. The molecule has 3 saturated heterocycles. The predicted octanol–water partition coefficient (Wildman–Crippen LogP) is -7.57. The van der Waals surface area contributed by atoms with Crippen LogP contribution in [-0.2, 0) is 23.7 Å². The van der Waals surface area contributed by atoms with E-state index in [0.29, 0.717) is 0 Å². The van der Waals surface area contributed by atoms with Crippen LogP contribution in [0.1, 0.15) is 0 Å². The van der Waals surface area contributed by atoms with Crippen LogP contribution in [0.2, 0.25) is 0 Å². The summed E-state index contributed by atoms with van der Waals surface area (Å²) >= 11 is 0. The van der Waals surface area contributed by atoms with E-state index in [1.165, 1.54) is 0 Å². The van der Waals surface area contributed by atoms with Crippen LogP contribution in [0.3, 0.4) is 0 Å². The lowest BCUT2D eigenvalue weighted by atomic mass is 9.97. The first-order valence-corrected chi connectivity index (χ1v) is 10.6. The zero-order valence-corrected chi connectivity index (χ0v) is 17.8. The molecule has 11 N–H and O–H groups in total. The molecule has 16 nitrogen and oxygen atoms in total. The highest BCUT2D eigenvalue weighted by molar-refractivity contribution is 4.99. The molecule has 3 aliphatic rings. The Hall–Kier alpha value is -0.640. The number of ether oxygens (including phenoxy) is 5. The third kappa shape index (κ3) is 4.96. The quantitative estimate of drug-likeness (QED) is 0.146. The molecule has 14 atom stereocenters. The maximum atomic E-state index is 10.6. The van der Waals surface area contributed by atoms with E-state index in [1.807, 2.05) is 0 Å². The van der Waals surface area contributed by atoms with Gasteiger partial charge in [-0.05, 0) is 0 Å². The normalized spacial score (nSPS) is 52.1. The van der Waals surface area contributed by atoms with E-state index in [1.54, 1.807) is 0 Å². The molecule has 34 heavy (non-hydrogen) atoms. The molecule has 3 rings (SSSR count). The number of rotatable bonds is 8. The number of hydrogen-bond acceptors (Lipinski definition) is 16. The smallest absolute Gasteiger partial charge is 0.224 e. The average Bonchev–Trinajstić information content (AvgIpc) is 3.08. The zero-order valence-electron chi connectivity index (χ0n) is 17.8. The van der Waals surface area contributed by atoms with Crippen molar-refractivity contribution in [2.24, 2.45) is 0 Å². The van der Waals surface area contributed by atoms with Gasteiger partial charge in [0.25, 0.3) is 0 Å². The zero-order chi connectivity index (χ0) is 25.4. The van der Waals surface area contributed by atoms with Crippen molar-refractivity contribution in [2.45, 2.75) is 85.5 Å². The molecular weight excluding hydrogens is 472 g/mol. The van der Waals surface area contributed by atoms with Crippen LogP contribution >= 0.6 is 0 Å². The Labute approximate surface area is 192 Å². The first-order valence-electron chi connectivity index (χ1n) is 10.6. The van der Waals surface area contributed by atoms with Gasteiger partial charge >= 0.3 is 0 Å². The van der Waals surface area contributed by atoms with Crippen molar-refractivity contribution in [3.05, 3.63) is 0 Å². The molecule has 3 fully saturated rings. The minimum absolute atomic E-state index is 0.764. The van der Waals surface area contributed by atoms with Gasteiger partial charge in [0, 0.05) is 0 Å². The van der Waals surface area contributed by atoms with Crippen LogP contribution in [0, 0.1) is 0 Å². The summed E-state index contributed by atoms with van der Waals surface area (Å²) in [6, 6.07) is 0. The first-order chi connectivity index (χ1) is 16.0. The Kier molecular flexibility index (Phi) is 9.18. The minimum atomic E-state index is -2.41. The second-order valence-electron chi connectivity index (χ2n) is 8.37. The van der Waals surface area contributed by atoms with Crippen molar-refractivity contribution >= 4 is 0 Å². The number of aliphatic hydroxyl groups is 11. The fourth-order valence-electron chi connectivity index (χ4n) is 4.10. The van der Waals surface area contributed by atoms with Crippen molar-refractivity contribution in [2.75, 3.05) is 26.4 Å². The average molecular weight is 504 g/mol. The summed E-state index contributed by atoms with van der Waals surface area (Å²) in [5, 5.41) is 109. The summed E-state index contributed by atoms with van der Waals surface area (Å²) < 4.78 is 26.9. The Balaban J connectivity index is 1.87. The Morgan fingerprint density at radius 1 is 0.588 bits per heavy atom. The molecule has 0 saturated carbocycles. The Morgan fingerprint density at radius 2 is 1.12 bits per heavy atom. The van der Waals surface area contributed by atoms with Gasteiger partial charge in [-0.15, -0.1) is 0 Å². The van der Waals surface area contributed by atoms with E-state index in [4.69, 9.17) is 23.7 Å². The van der Waals surface area contributed by atoms with E-state index in [9.17, 15) is 56.2 Å². The van der Waals surface area contributed by atoms with Gasteiger partial charge in [0.1, 0.15) is 73.8 Å². The van der Waals surface area contributed by atoms with Crippen LogP contribution < -0.4 is 0 Å². The minimum Gasteiger partial charge on any atom is -0.394 e. The molecule has 0 amide bonds. The summed E-state index contributed by atoms with van der Waals surface area (Å²) in [6.07, 6.45) is -22.4. The van der Waals surface area contributed by atoms with Crippen molar-refractivity contribution in [1.82, 2.24) is 0 Å². The summed E-state index contributed by atoms with van der Waals surface area (Å²) in [7, 11) is 0. The molecule has 8 unspecified atom stereocenters. The Morgan fingerprint density at radius 3 is 1.62 bits per heavy atom. The summed E-state index contributed by atoms with van der Waals surface area (Å²) in [5.41, 5.74) is 0. The predicted molar refractivity (Wildman–Crippen MR) is 101 cm³/mol. The van der Waals surface area contributed by atoms with Crippen LogP contribution in [0.4, 0.5) is 0 Å². The van der Waals surface area contributed by atoms with Gasteiger partial charge in [0.05, 0.1) is 19.8 Å². The van der Waals surface area contributed by atoms with Crippen molar-refractivity contribution in [3.8, 4) is 0 Å². The molecule has 0 aromatic carbocycles.